The van der Waals surface area contributed by atoms with Gasteiger partial charge in [0.05, 0.1) is 23.5 Å². The molecule has 4 heterocycles. The van der Waals surface area contributed by atoms with E-state index < -0.39 is 12.0 Å². The van der Waals surface area contributed by atoms with Crippen LogP contribution in [-0.4, -0.2) is 54.9 Å². The van der Waals surface area contributed by atoms with Crippen LogP contribution >= 0.6 is 11.6 Å². The van der Waals surface area contributed by atoms with E-state index in [0.29, 0.717) is 28.5 Å². The van der Waals surface area contributed by atoms with Gasteiger partial charge in [-0.1, -0.05) is 11.6 Å². The molecule has 1 unspecified atom stereocenters. The summed E-state index contributed by atoms with van der Waals surface area (Å²) in [7, 11) is 0. The number of carbonyl (C=O) groups excluding carboxylic acids is 1. The van der Waals surface area contributed by atoms with Gasteiger partial charge in [0.25, 0.3) is 5.91 Å². The Morgan fingerprint density at radius 3 is 2.81 bits per heavy atom. The molecule has 0 radical (unpaired) electrons. The van der Waals surface area contributed by atoms with Crippen LogP contribution in [0.1, 0.15) is 12.5 Å². The molecule has 1 atom stereocenters. The van der Waals surface area contributed by atoms with E-state index in [2.05, 4.69) is 30.4 Å². The van der Waals surface area contributed by atoms with Gasteiger partial charge < -0.3 is 14.8 Å². The fourth-order valence-electron chi connectivity index (χ4n) is 2.98. The molecule has 32 heavy (non-hydrogen) atoms. The molecule has 1 N–H and O–H groups in total. The number of rotatable bonds is 8. The van der Waals surface area contributed by atoms with Crippen LogP contribution in [0.5, 0.6) is 5.88 Å². The fourth-order valence-corrected chi connectivity index (χ4v) is 3.09. The van der Waals surface area contributed by atoms with Gasteiger partial charge in [-0.25, -0.2) is 19.6 Å². The van der Waals surface area contributed by atoms with Gasteiger partial charge in [-0.2, -0.15) is 5.10 Å². The summed E-state index contributed by atoms with van der Waals surface area (Å²) in [5.41, 5.74) is 2.30. The van der Waals surface area contributed by atoms with Gasteiger partial charge in [-0.3, -0.25) is 9.78 Å². The zero-order chi connectivity index (χ0) is 22.5. The zero-order valence-electron chi connectivity index (χ0n) is 17.4. The summed E-state index contributed by atoms with van der Waals surface area (Å²) >= 11 is 5.85. The number of aromatic nitrogens is 6. The van der Waals surface area contributed by atoms with Crippen LogP contribution in [0.4, 0.5) is 5.82 Å². The molecule has 0 fully saturated rings. The zero-order valence-corrected chi connectivity index (χ0v) is 18.2. The highest BCUT2D eigenvalue weighted by Crippen LogP contribution is 2.25. The Bertz CT molecular complexity index is 1230. The van der Waals surface area contributed by atoms with E-state index in [1.807, 2.05) is 19.9 Å². The Balaban J connectivity index is 1.62. The summed E-state index contributed by atoms with van der Waals surface area (Å²) in [5, 5.41) is 8.16. The van der Waals surface area contributed by atoms with Crippen molar-refractivity contribution in [3.8, 4) is 11.6 Å². The molecular formula is C21H20ClN7O3. The van der Waals surface area contributed by atoms with Crippen molar-refractivity contribution in [3.63, 3.8) is 0 Å². The van der Waals surface area contributed by atoms with Crippen LogP contribution in [-0.2, 0) is 9.53 Å². The first-order chi connectivity index (χ1) is 15.6. The Hall–Kier alpha value is -3.63. The summed E-state index contributed by atoms with van der Waals surface area (Å²) < 4.78 is 13.1. The molecule has 4 rings (SSSR count). The van der Waals surface area contributed by atoms with Crippen LogP contribution in [0, 0.1) is 6.92 Å². The average Bonchev–Trinajstić information content (AvgIpc) is 3.23. The molecule has 4 aromatic heterocycles. The van der Waals surface area contributed by atoms with Crippen molar-refractivity contribution in [1.82, 2.24) is 29.7 Å². The Labute approximate surface area is 188 Å². The Morgan fingerprint density at radius 2 is 2.06 bits per heavy atom. The Morgan fingerprint density at radius 1 is 1.19 bits per heavy atom. The van der Waals surface area contributed by atoms with E-state index in [1.165, 1.54) is 12.5 Å². The largest absolute Gasteiger partial charge is 0.461 e. The molecule has 0 aromatic carbocycles. The molecule has 0 saturated heterocycles. The van der Waals surface area contributed by atoms with Crippen molar-refractivity contribution in [2.45, 2.75) is 20.0 Å². The number of fused-ring (bicyclic) bond motifs is 1. The SMILES string of the molecule is CCOCC(Oc1ncnc2c1cnn2-c1ccncc1C)C(=O)Nc1ccc(Cl)cn1. The van der Waals surface area contributed by atoms with E-state index in [1.54, 1.807) is 35.4 Å². The second-order valence-electron chi connectivity index (χ2n) is 6.75. The van der Waals surface area contributed by atoms with Gasteiger partial charge >= 0.3 is 0 Å². The number of hydrogen-bond acceptors (Lipinski definition) is 8. The minimum Gasteiger partial charge on any atom is -0.461 e. The summed E-state index contributed by atoms with van der Waals surface area (Å²) in [6, 6.07) is 5.07. The lowest BCUT2D eigenvalue weighted by Gasteiger charge is -2.18. The third kappa shape index (κ3) is 4.66. The van der Waals surface area contributed by atoms with Crippen molar-refractivity contribution in [1.29, 1.82) is 0 Å². The van der Waals surface area contributed by atoms with Gasteiger partial charge in [0, 0.05) is 25.2 Å². The highest BCUT2D eigenvalue weighted by molar-refractivity contribution is 6.30. The smallest absolute Gasteiger partial charge is 0.269 e. The van der Waals surface area contributed by atoms with Crippen LogP contribution in [0.3, 0.4) is 0 Å². The van der Waals surface area contributed by atoms with Crippen LogP contribution in [0.15, 0.2) is 49.3 Å². The minimum atomic E-state index is -0.975. The first kappa shape index (κ1) is 21.6. The quantitative estimate of drug-likeness (QED) is 0.432. The molecule has 164 valence electrons. The van der Waals surface area contributed by atoms with Crippen molar-refractivity contribution >= 4 is 34.4 Å². The predicted molar refractivity (Wildman–Crippen MR) is 118 cm³/mol. The average molecular weight is 454 g/mol. The third-order valence-corrected chi connectivity index (χ3v) is 4.77. The number of nitrogens with one attached hydrogen (secondary N) is 1. The number of halogens is 1. The maximum Gasteiger partial charge on any atom is 0.269 e. The van der Waals surface area contributed by atoms with Gasteiger partial charge in [0.2, 0.25) is 12.0 Å². The molecule has 11 heteroatoms. The number of amides is 1. The van der Waals surface area contributed by atoms with E-state index in [-0.39, 0.29) is 12.5 Å². The fraction of sp³-hybridized carbons (Fsp3) is 0.238. The molecule has 0 saturated carbocycles. The number of anilines is 1. The minimum absolute atomic E-state index is 0.0268. The monoisotopic (exact) mass is 453 g/mol. The highest BCUT2D eigenvalue weighted by atomic mass is 35.5. The lowest BCUT2D eigenvalue weighted by molar-refractivity contribution is -0.125. The van der Waals surface area contributed by atoms with E-state index in [4.69, 9.17) is 21.1 Å². The predicted octanol–water partition coefficient (Wildman–Crippen LogP) is 2.99. The number of hydrogen-bond donors (Lipinski definition) is 1. The molecule has 4 aromatic rings. The Kier molecular flexibility index (Phi) is 6.52. The molecule has 10 nitrogen and oxygen atoms in total. The molecule has 0 bridgehead atoms. The molecule has 0 spiro atoms. The second-order valence-corrected chi connectivity index (χ2v) is 7.19. The lowest BCUT2D eigenvalue weighted by atomic mass is 10.2. The number of ether oxygens (including phenoxy) is 2. The van der Waals surface area contributed by atoms with E-state index >= 15 is 0 Å². The standard InChI is InChI=1S/C21H20ClN7O3/c1-3-31-11-17(20(30)28-18-5-4-14(22)9-24-18)32-21-15-10-27-29(19(15)25-12-26-21)16-6-7-23-8-13(16)2/h4-10,12,17H,3,11H2,1-2H3,(H,24,28,30). The third-order valence-electron chi connectivity index (χ3n) is 4.55. The molecular weight excluding hydrogens is 434 g/mol. The normalized spacial score (nSPS) is 12.0. The number of carbonyl (C=O) groups is 1. The second kappa shape index (κ2) is 9.67. The van der Waals surface area contributed by atoms with Gasteiger partial charge in [0.1, 0.15) is 17.5 Å². The number of pyridine rings is 2. The van der Waals surface area contributed by atoms with E-state index in [0.717, 1.165) is 11.3 Å². The van der Waals surface area contributed by atoms with Crippen molar-refractivity contribution in [3.05, 3.63) is 59.9 Å². The first-order valence-electron chi connectivity index (χ1n) is 9.83. The van der Waals surface area contributed by atoms with Gasteiger partial charge in [-0.15, -0.1) is 0 Å². The summed E-state index contributed by atoms with van der Waals surface area (Å²) in [6.07, 6.45) is 6.86. The van der Waals surface area contributed by atoms with E-state index in [9.17, 15) is 4.79 Å². The first-order valence-corrected chi connectivity index (χ1v) is 10.2. The number of aryl methyl sites for hydroxylation is 1. The van der Waals surface area contributed by atoms with Crippen LogP contribution < -0.4 is 10.1 Å². The van der Waals surface area contributed by atoms with Gasteiger partial charge in [-0.05, 0) is 37.6 Å². The van der Waals surface area contributed by atoms with Crippen molar-refractivity contribution < 1.29 is 14.3 Å². The summed E-state index contributed by atoms with van der Waals surface area (Å²) in [6.45, 7) is 4.21. The highest BCUT2D eigenvalue weighted by Gasteiger charge is 2.24. The topological polar surface area (TPSA) is 117 Å². The summed E-state index contributed by atoms with van der Waals surface area (Å²) in [4.78, 5) is 29.6. The molecule has 1 amide bonds. The molecule has 0 aliphatic carbocycles. The van der Waals surface area contributed by atoms with Crippen LogP contribution in [0.2, 0.25) is 5.02 Å². The number of nitrogens with zero attached hydrogens (tertiary/aromatic N) is 6. The maximum absolute atomic E-state index is 12.9. The van der Waals surface area contributed by atoms with Crippen LogP contribution in [0.25, 0.3) is 16.7 Å². The van der Waals surface area contributed by atoms with Gasteiger partial charge in [0.15, 0.2) is 5.65 Å². The molecule has 0 aliphatic rings. The van der Waals surface area contributed by atoms with Crippen molar-refractivity contribution in [2.75, 3.05) is 18.5 Å². The van der Waals surface area contributed by atoms with Crippen molar-refractivity contribution in [2.24, 2.45) is 0 Å². The molecule has 0 aliphatic heterocycles. The maximum atomic E-state index is 12.9. The lowest BCUT2D eigenvalue weighted by Crippen LogP contribution is -2.37. The summed E-state index contributed by atoms with van der Waals surface area (Å²) in [5.74, 6) is 0.132.